The van der Waals surface area contributed by atoms with Gasteiger partial charge >= 0.3 is 6.61 Å². The van der Waals surface area contributed by atoms with Gasteiger partial charge in [0.15, 0.2) is 0 Å². The number of hydrogen-bond donors (Lipinski definition) is 1. The Labute approximate surface area is 176 Å². The summed E-state index contributed by atoms with van der Waals surface area (Å²) in [7, 11) is 0. The van der Waals surface area contributed by atoms with E-state index in [9.17, 15) is 13.6 Å². The number of aryl methyl sites for hydroxylation is 1. The van der Waals surface area contributed by atoms with Crippen molar-refractivity contribution in [2.45, 2.75) is 27.0 Å². The summed E-state index contributed by atoms with van der Waals surface area (Å²) in [5, 5.41) is 8.27. The Morgan fingerprint density at radius 1 is 1.17 bits per heavy atom. The zero-order valence-electron chi connectivity index (χ0n) is 15.5. The number of halogens is 4. The van der Waals surface area contributed by atoms with Crippen LogP contribution in [0.1, 0.15) is 27.3 Å². The number of hydrogen-bond acceptors (Lipinski definition) is 3. The summed E-state index contributed by atoms with van der Waals surface area (Å²) in [6.07, 6.45) is 0. The van der Waals surface area contributed by atoms with Crippen LogP contribution in [0.4, 0.5) is 14.5 Å². The molecule has 0 aliphatic rings. The fourth-order valence-electron chi connectivity index (χ4n) is 2.86. The maximum absolute atomic E-state index is 12.6. The molecule has 2 aromatic carbocycles. The van der Waals surface area contributed by atoms with E-state index in [0.717, 1.165) is 5.56 Å². The molecule has 0 saturated carbocycles. The average Bonchev–Trinajstić information content (AvgIpc) is 2.92. The van der Waals surface area contributed by atoms with Crippen molar-refractivity contribution in [3.63, 3.8) is 0 Å². The number of ether oxygens (including phenoxy) is 1. The van der Waals surface area contributed by atoms with Crippen LogP contribution < -0.4 is 10.1 Å². The monoisotopic (exact) mass is 439 g/mol. The molecule has 3 rings (SSSR count). The van der Waals surface area contributed by atoms with Crippen LogP contribution in [0, 0.1) is 13.8 Å². The number of anilines is 1. The van der Waals surface area contributed by atoms with Gasteiger partial charge < -0.3 is 10.1 Å². The third-order valence-electron chi connectivity index (χ3n) is 4.31. The van der Waals surface area contributed by atoms with E-state index in [1.165, 1.54) is 24.3 Å². The summed E-state index contributed by atoms with van der Waals surface area (Å²) < 4.78 is 30.8. The summed E-state index contributed by atoms with van der Waals surface area (Å²) in [6, 6.07) is 10.8. The highest BCUT2D eigenvalue weighted by molar-refractivity contribution is 6.36. The highest BCUT2D eigenvalue weighted by Gasteiger charge is 2.17. The van der Waals surface area contributed by atoms with Crippen LogP contribution in [-0.4, -0.2) is 22.3 Å². The van der Waals surface area contributed by atoms with Crippen molar-refractivity contribution >= 4 is 34.8 Å². The first kappa shape index (κ1) is 21.1. The topological polar surface area (TPSA) is 56.2 Å². The van der Waals surface area contributed by atoms with Gasteiger partial charge in [0.2, 0.25) is 0 Å². The fourth-order valence-corrected chi connectivity index (χ4v) is 3.38. The summed E-state index contributed by atoms with van der Waals surface area (Å²) in [4.78, 5) is 12.6. The Morgan fingerprint density at radius 3 is 2.48 bits per heavy atom. The molecule has 0 aliphatic carbocycles. The van der Waals surface area contributed by atoms with Gasteiger partial charge in [0.1, 0.15) is 5.75 Å². The second kappa shape index (κ2) is 8.80. The molecule has 152 valence electrons. The molecule has 0 unspecified atom stereocenters. The maximum atomic E-state index is 12.6. The lowest BCUT2D eigenvalue weighted by Gasteiger charge is -2.10. The molecular weight excluding hydrogens is 423 g/mol. The number of benzene rings is 2. The van der Waals surface area contributed by atoms with E-state index in [1.54, 1.807) is 36.7 Å². The Balaban J connectivity index is 1.83. The van der Waals surface area contributed by atoms with Crippen LogP contribution >= 0.6 is 23.2 Å². The molecule has 0 fully saturated rings. The lowest BCUT2D eigenvalue weighted by molar-refractivity contribution is -0.0498. The molecule has 1 aromatic heterocycles. The van der Waals surface area contributed by atoms with Crippen molar-refractivity contribution in [2.75, 3.05) is 5.32 Å². The molecule has 0 atom stereocenters. The lowest BCUT2D eigenvalue weighted by atomic mass is 10.2. The highest BCUT2D eigenvalue weighted by Crippen LogP contribution is 2.28. The van der Waals surface area contributed by atoms with Crippen molar-refractivity contribution < 1.29 is 18.3 Å². The molecule has 0 aliphatic heterocycles. The Hall–Kier alpha value is -2.64. The van der Waals surface area contributed by atoms with Crippen molar-refractivity contribution in [1.82, 2.24) is 9.78 Å². The van der Waals surface area contributed by atoms with Gasteiger partial charge in [-0.25, -0.2) is 0 Å². The van der Waals surface area contributed by atoms with Gasteiger partial charge in [-0.3, -0.25) is 9.48 Å². The van der Waals surface area contributed by atoms with Crippen LogP contribution in [0.25, 0.3) is 0 Å². The van der Waals surface area contributed by atoms with Gasteiger partial charge in [0.25, 0.3) is 5.91 Å². The molecule has 0 radical (unpaired) electrons. The van der Waals surface area contributed by atoms with E-state index < -0.39 is 12.5 Å². The van der Waals surface area contributed by atoms with Gasteiger partial charge in [-0.15, -0.1) is 0 Å². The first-order valence-corrected chi connectivity index (χ1v) is 9.35. The summed E-state index contributed by atoms with van der Waals surface area (Å²) in [5.74, 6) is -0.559. The maximum Gasteiger partial charge on any atom is 0.387 e. The molecule has 0 spiro atoms. The van der Waals surface area contributed by atoms with Gasteiger partial charge in [-0.2, -0.15) is 13.9 Å². The predicted octanol–water partition coefficient (Wildman–Crippen LogP) is 5.71. The number of rotatable bonds is 6. The van der Waals surface area contributed by atoms with Crippen molar-refractivity contribution in [3.05, 3.63) is 75.0 Å². The van der Waals surface area contributed by atoms with E-state index in [2.05, 4.69) is 15.2 Å². The Bertz CT molecular complexity index is 1030. The quantitative estimate of drug-likeness (QED) is 0.535. The van der Waals surface area contributed by atoms with Gasteiger partial charge in [-0.05, 0) is 44.2 Å². The minimum atomic E-state index is -2.97. The summed E-state index contributed by atoms with van der Waals surface area (Å²) in [6.45, 7) is 0.923. The van der Waals surface area contributed by atoms with Crippen LogP contribution in [0.2, 0.25) is 10.0 Å². The lowest BCUT2D eigenvalue weighted by Crippen LogP contribution is -2.14. The fraction of sp³-hybridized carbons (Fsp3) is 0.200. The van der Waals surface area contributed by atoms with Crippen molar-refractivity contribution in [3.8, 4) is 5.75 Å². The van der Waals surface area contributed by atoms with Crippen LogP contribution in [0.3, 0.4) is 0 Å². The number of carbonyl (C=O) groups excluding carboxylic acids is 1. The molecule has 5 nitrogen and oxygen atoms in total. The van der Waals surface area contributed by atoms with Gasteiger partial charge in [0, 0.05) is 21.2 Å². The zero-order valence-corrected chi connectivity index (χ0v) is 17.1. The number of aromatic nitrogens is 2. The van der Waals surface area contributed by atoms with E-state index in [4.69, 9.17) is 23.2 Å². The number of carbonyl (C=O) groups is 1. The number of nitrogens with zero attached hydrogens (tertiary/aromatic N) is 2. The number of amides is 1. The molecule has 29 heavy (non-hydrogen) atoms. The summed E-state index contributed by atoms with van der Waals surface area (Å²) in [5.41, 5.74) is 2.73. The van der Waals surface area contributed by atoms with Gasteiger partial charge in [0.05, 0.1) is 23.6 Å². The third kappa shape index (κ3) is 4.86. The molecule has 3 aromatic rings. The highest BCUT2D eigenvalue weighted by atomic mass is 35.5. The largest absolute Gasteiger partial charge is 0.435 e. The minimum absolute atomic E-state index is 0.0925. The minimum Gasteiger partial charge on any atom is -0.435 e. The Kier molecular flexibility index (Phi) is 6.39. The van der Waals surface area contributed by atoms with Crippen LogP contribution in [0.15, 0.2) is 42.5 Å². The van der Waals surface area contributed by atoms with E-state index in [-0.39, 0.29) is 11.3 Å². The van der Waals surface area contributed by atoms with E-state index in [1.807, 2.05) is 0 Å². The van der Waals surface area contributed by atoms with Crippen LogP contribution in [0.5, 0.6) is 5.75 Å². The van der Waals surface area contributed by atoms with Crippen molar-refractivity contribution in [1.29, 1.82) is 0 Å². The second-order valence-electron chi connectivity index (χ2n) is 6.26. The normalized spacial score (nSPS) is 11.0. The average molecular weight is 440 g/mol. The van der Waals surface area contributed by atoms with Crippen LogP contribution in [-0.2, 0) is 6.54 Å². The first-order valence-electron chi connectivity index (χ1n) is 8.59. The Morgan fingerprint density at radius 2 is 1.83 bits per heavy atom. The molecular formula is C20H17Cl2F2N3O2. The van der Waals surface area contributed by atoms with Gasteiger partial charge in [-0.1, -0.05) is 35.3 Å². The second-order valence-corrected chi connectivity index (χ2v) is 7.08. The molecule has 1 heterocycles. The zero-order chi connectivity index (χ0) is 21.1. The standard InChI is InChI=1S/C20H17Cl2F2N3O2/c1-11-18(25-19(28)13-5-3-6-14(9-13)29-20(23)24)12(2)27(26-11)10-15-16(21)7-4-8-17(15)22/h3-9,20H,10H2,1-2H3,(H,25,28). The van der Waals surface area contributed by atoms with Crippen molar-refractivity contribution in [2.24, 2.45) is 0 Å². The third-order valence-corrected chi connectivity index (χ3v) is 5.02. The molecule has 1 N–H and O–H groups in total. The summed E-state index contributed by atoms with van der Waals surface area (Å²) >= 11 is 12.5. The van der Waals surface area contributed by atoms with E-state index in [0.29, 0.717) is 33.7 Å². The molecule has 0 saturated heterocycles. The number of alkyl halides is 2. The SMILES string of the molecule is Cc1nn(Cc2c(Cl)cccc2Cl)c(C)c1NC(=O)c1cccc(OC(F)F)c1. The molecule has 9 heteroatoms. The predicted molar refractivity (Wildman–Crippen MR) is 108 cm³/mol. The smallest absolute Gasteiger partial charge is 0.387 e. The first-order chi connectivity index (χ1) is 13.8. The number of nitrogens with one attached hydrogen (secondary N) is 1. The van der Waals surface area contributed by atoms with E-state index >= 15 is 0 Å². The molecule has 0 bridgehead atoms. The molecule has 1 amide bonds.